The summed E-state index contributed by atoms with van der Waals surface area (Å²) < 4.78 is 13.3. The topological polar surface area (TPSA) is 95.3 Å². The Morgan fingerprint density at radius 2 is 2.14 bits per heavy atom. The van der Waals surface area contributed by atoms with Gasteiger partial charge in [-0.1, -0.05) is 0 Å². The van der Waals surface area contributed by atoms with Crippen LogP contribution in [0.2, 0.25) is 0 Å². The van der Waals surface area contributed by atoms with Crippen molar-refractivity contribution in [2.75, 3.05) is 11.9 Å². The minimum atomic E-state index is -0.585. The molecule has 1 atom stereocenters. The van der Waals surface area contributed by atoms with Gasteiger partial charge in [0.25, 0.3) is 0 Å². The maximum absolute atomic E-state index is 12.5. The van der Waals surface area contributed by atoms with Crippen molar-refractivity contribution in [1.29, 1.82) is 0 Å². The largest absolute Gasteiger partial charge is 0.461 e. The predicted octanol–water partition coefficient (Wildman–Crippen LogP) is 3.12. The van der Waals surface area contributed by atoms with Crippen molar-refractivity contribution in [3.05, 3.63) is 33.3 Å². The number of halogens is 1. The van der Waals surface area contributed by atoms with Gasteiger partial charge < -0.3 is 14.8 Å². The summed E-state index contributed by atoms with van der Waals surface area (Å²) in [4.78, 5) is 29.3. The van der Waals surface area contributed by atoms with Crippen molar-refractivity contribution in [1.82, 2.24) is 14.8 Å². The standard InChI is InChI=1S/C19H23IN4O4/c1-5-27-18(26)16-15-13(24(23-16)14-10-11(20)8-9-21-14)7-6-12(22-15)17(25)28-19(2,3)4/h8-10,12,22H,5-7H2,1-4H3. The zero-order valence-corrected chi connectivity index (χ0v) is 18.4. The fraction of sp³-hybridized carbons (Fsp3) is 0.474. The Labute approximate surface area is 177 Å². The summed E-state index contributed by atoms with van der Waals surface area (Å²) in [7, 11) is 0. The molecule has 0 aromatic carbocycles. The van der Waals surface area contributed by atoms with E-state index in [0.29, 0.717) is 24.3 Å². The third-order valence-corrected chi connectivity index (χ3v) is 4.73. The SMILES string of the molecule is CCOC(=O)c1nn(-c2cc(I)ccn2)c2c1NC(C(=O)OC(C)(C)C)CC2. The van der Waals surface area contributed by atoms with E-state index >= 15 is 0 Å². The fourth-order valence-corrected chi connectivity index (χ4v) is 3.39. The number of esters is 2. The number of ether oxygens (including phenoxy) is 2. The Morgan fingerprint density at radius 1 is 1.39 bits per heavy atom. The molecule has 1 unspecified atom stereocenters. The van der Waals surface area contributed by atoms with Crippen LogP contribution in [0.5, 0.6) is 0 Å². The Kier molecular flexibility index (Phi) is 5.92. The first-order valence-corrected chi connectivity index (χ1v) is 10.2. The summed E-state index contributed by atoms with van der Waals surface area (Å²) in [5, 5.41) is 7.60. The highest BCUT2D eigenvalue weighted by Crippen LogP contribution is 2.32. The summed E-state index contributed by atoms with van der Waals surface area (Å²) in [5.74, 6) is -0.287. The quantitative estimate of drug-likeness (QED) is 0.512. The number of hydrogen-bond acceptors (Lipinski definition) is 7. The summed E-state index contributed by atoms with van der Waals surface area (Å²) in [6.45, 7) is 7.44. The monoisotopic (exact) mass is 498 g/mol. The van der Waals surface area contributed by atoms with Crippen LogP contribution < -0.4 is 5.32 Å². The van der Waals surface area contributed by atoms with Crippen LogP contribution >= 0.6 is 22.6 Å². The maximum atomic E-state index is 12.5. The second kappa shape index (κ2) is 8.06. The van der Waals surface area contributed by atoms with Gasteiger partial charge in [0.05, 0.1) is 18.0 Å². The van der Waals surface area contributed by atoms with Gasteiger partial charge in [-0.15, -0.1) is 0 Å². The molecule has 150 valence electrons. The number of carbonyl (C=O) groups excluding carboxylic acids is 2. The summed E-state index contributed by atoms with van der Waals surface area (Å²) in [5.41, 5.74) is 0.849. The van der Waals surface area contributed by atoms with Crippen molar-refractivity contribution in [3.63, 3.8) is 0 Å². The van der Waals surface area contributed by atoms with Gasteiger partial charge in [-0.2, -0.15) is 5.10 Å². The highest BCUT2D eigenvalue weighted by molar-refractivity contribution is 14.1. The zero-order chi connectivity index (χ0) is 20.5. The van der Waals surface area contributed by atoms with Crippen molar-refractivity contribution in [3.8, 4) is 5.82 Å². The Balaban J connectivity index is 1.99. The van der Waals surface area contributed by atoms with Gasteiger partial charge in [0, 0.05) is 9.77 Å². The van der Waals surface area contributed by atoms with E-state index in [0.717, 1.165) is 9.26 Å². The van der Waals surface area contributed by atoms with E-state index in [4.69, 9.17) is 9.47 Å². The number of anilines is 1. The number of nitrogens with zero attached hydrogens (tertiary/aromatic N) is 3. The van der Waals surface area contributed by atoms with Gasteiger partial charge in [0.15, 0.2) is 11.5 Å². The number of fused-ring (bicyclic) bond motifs is 1. The van der Waals surface area contributed by atoms with Crippen molar-refractivity contribution in [2.24, 2.45) is 0 Å². The van der Waals surface area contributed by atoms with E-state index in [1.54, 1.807) is 17.8 Å². The molecular weight excluding hydrogens is 475 g/mol. The molecule has 2 aromatic heterocycles. The first-order valence-electron chi connectivity index (χ1n) is 9.10. The smallest absolute Gasteiger partial charge is 0.361 e. The van der Waals surface area contributed by atoms with E-state index in [9.17, 15) is 9.59 Å². The Bertz CT molecular complexity index is 904. The maximum Gasteiger partial charge on any atom is 0.361 e. The van der Waals surface area contributed by atoms with Crippen LogP contribution in [0.3, 0.4) is 0 Å². The molecule has 1 N–H and O–H groups in total. The molecule has 0 saturated carbocycles. The normalized spacial score (nSPS) is 16.1. The van der Waals surface area contributed by atoms with Crippen LogP contribution in [0.1, 0.15) is 50.3 Å². The lowest BCUT2D eigenvalue weighted by molar-refractivity contribution is -0.156. The Hall–Kier alpha value is -2.17. The van der Waals surface area contributed by atoms with E-state index in [1.165, 1.54) is 0 Å². The van der Waals surface area contributed by atoms with E-state index in [-0.39, 0.29) is 18.3 Å². The molecule has 3 rings (SSSR count). The van der Waals surface area contributed by atoms with Crippen LogP contribution in [0, 0.1) is 3.57 Å². The third-order valence-electron chi connectivity index (χ3n) is 4.05. The minimum absolute atomic E-state index is 0.144. The first-order chi connectivity index (χ1) is 13.2. The average molecular weight is 498 g/mol. The van der Waals surface area contributed by atoms with Crippen molar-refractivity contribution in [2.45, 2.75) is 52.2 Å². The van der Waals surface area contributed by atoms with Gasteiger partial charge in [0.2, 0.25) is 0 Å². The van der Waals surface area contributed by atoms with Crippen LogP contribution in [0.15, 0.2) is 18.3 Å². The van der Waals surface area contributed by atoms with Gasteiger partial charge >= 0.3 is 11.9 Å². The number of rotatable bonds is 4. The number of aromatic nitrogens is 3. The molecule has 0 amide bonds. The van der Waals surface area contributed by atoms with Gasteiger partial charge in [-0.25, -0.2) is 19.3 Å². The zero-order valence-electron chi connectivity index (χ0n) is 16.3. The van der Waals surface area contributed by atoms with Gasteiger partial charge in [-0.05, 0) is 75.3 Å². The van der Waals surface area contributed by atoms with Crippen LogP contribution in [0.25, 0.3) is 5.82 Å². The van der Waals surface area contributed by atoms with Crippen LogP contribution in [-0.2, 0) is 20.7 Å². The minimum Gasteiger partial charge on any atom is -0.461 e. The van der Waals surface area contributed by atoms with Crippen molar-refractivity contribution >= 4 is 40.2 Å². The molecule has 0 fully saturated rings. The molecule has 3 heterocycles. The molecule has 28 heavy (non-hydrogen) atoms. The lowest BCUT2D eigenvalue weighted by Crippen LogP contribution is -2.39. The number of carbonyl (C=O) groups is 2. The molecule has 0 radical (unpaired) electrons. The third kappa shape index (κ3) is 4.45. The summed E-state index contributed by atoms with van der Waals surface area (Å²) >= 11 is 2.20. The van der Waals surface area contributed by atoms with Gasteiger partial charge in [-0.3, -0.25) is 0 Å². The molecule has 1 aliphatic heterocycles. The summed E-state index contributed by atoms with van der Waals surface area (Å²) in [6.07, 6.45) is 2.76. The average Bonchev–Trinajstić information content (AvgIpc) is 2.99. The lowest BCUT2D eigenvalue weighted by Gasteiger charge is -2.28. The number of hydrogen-bond donors (Lipinski definition) is 1. The van der Waals surface area contributed by atoms with E-state index in [2.05, 4.69) is 38.0 Å². The first kappa shape index (κ1) is 20.6. The molecular formula is C19H23IN4O4. The predicted molar refractivity (Wildman–Crippen MR) is 112 cm³/mol. The van der Waals surface area contributed by atoms with Crippen LogP contribution in [0.4, 0.5) is 5.69 Å². The molecule has 0 saturated heterocycles. The number of nitrogens with one attached hydrogen (secondary N) is 1. The van der Waals surface area contributed by atoms with Gasteiger partial charge in [0.1, 0.15) is 11.6 Å². The molecule has 8 nitrogen and oxygen atoms in total. The molecule has 9 heteroatoms. The molecule has 0 aliphatic carbocycles. The lowest BCUT2D eigenvalue weighted by atomic mass is 10.0. The molecule has 0 spiro atoms. The van der Waals surface area contributed by atoms with Crippen LogP contribution in [-0.4, -0.2) is 45.0 Å². The fourth-order valence-electron chi connectivity index (χ4n) is 2.95. The second-order valence-corrected chi connectivity index (χ2v) is 8.65. The van der Waals surface area contributed by atoms with Crippen molar-refractivity contribution < 1.29 is 19.1 Å². The highest BCUT2D eigenvalue weighted by atomic mass is 127. The van der Waals surface area contributed by atoms with E-state index in [1.807, 2.05) is 32.9 Å². The highest BCUT2D eigenvalue weighted by Gasteiger charge is 2.35. The second-order valence-electron chi connectivity index (χ2n) is 7.40. The molecule has 1 aliphatic rings. The molecule has 0 bridgehead atoms. The Morgan fingerprint density at radius 3 is 2.79 bits per heavy atom. The van der Waals surface area contributed by atoms with E-state index < -0.39 is 17.6 Å². The number of pyridine rings is 1. The summed E-state index contributed by atoms with van der Waals surface area (Å²) in [6, 6.07) is 3.20. The molecule has 2 aromatic rings.